The molecule has 1 aliphatic rings. The standard InChI is InChI=1S/C18H32O5/c1-3-7-14(12-13(2)19)8-6-11-23-18(22)16-10-5-4-9-15(16)17(20)21/h13-16,19H,3-12H2,1-2H3,(H,20,21). The zero-order valence-electron chi connectivity index (χ0n) is 14.5. The van der Waals surface area contributed by atoms with E-state index in [0.717, 1.165) is 44.9 Å². The number of ether oxygens (including phenoxy) is 1. The van der Waals surface area contributed by atoms with Crippen LogP contribution < -0.4 is 0 Å². The smallest absolute Gasteiger partial charge is 0.309 e. The number of aliphatic carboxylic acids is 1. The van der Waals surface area contributed by atoms with Gasteiger partial charge < -0.3 is 14.9 Å². The van der Waals surface area contributed by atoms with Gasteiger partial charge in [-0.05, 0) is 44.9 Å². The molecule has 4 unspecified atom stereocenters. The van der Waals surface area contributed by atoms with Crippen LogP contribution in [0.4, 0.5) is 0 Å². The van der Waals surface area contributed by atoms with Gasteiger partial charge in [-0.2, -0.15) is 0 Å². The third kappa shape index (κ3) is 7.34. The number of aliphatic hydroxyl groups is 1. The number of rotatable bonds is 10. The van der Waals surface area contributed by atoms with Crippen LogP contribution in [0, 0.1) is 17.8 Å². The maximum atomic E-state index is 12.1. The highest BCUT2D eigenvalue weighted by Crippen LogP contribution is 2.31. The average Bonchev–Trinajstić information content (AvgIpc) is 2.50. The second kappa shape index (κ2) is 10.6. The van der Waals surface area contributed by atoms with Crippen LogP contribution in [-0.2, 0) is 14.3 Å². The van der Waals surface area contributed by atoms with E-state index in [0.29, 0.717) is 25.4 Å². The monoisotopic (exact) mass is 328 g/mol. The summed E-state index contributed by atoms with van der Waals surface area (Å²) in [7, 11) is 0. The molecule has 0 saturated heterocycles. The van der Waals surface area contributed by atoms with Crippen LogP contribution in [0.2, 0.25) is 0 Å². The molecule has 0 heterocycles. The average molecular weight is 328 g/mol. The van der Waals surface area contributed by atoms with E-state index in [-0.39, 0.29) is 12.1 Å². The Kier molecular flexibility index (Phi) is 9.22. The molecule has 0 radical (unpaired) electrons. The minimum atomic E-state index is -0.883. The molecule has 4 atom stereocenters. The van der Waals surface area contributed by atoms with E-state index in [1.165, 1.54) is 0 Å². The molecular weight excluding hydrogens is 296 g/mol. The Labute approximate surface area is 139 Å². The van der Waals surface area contributed by atoms with Crippen molar-refractivity contribution in [3.8, 4) is 0 Å². The summed E-state index contributed by atoms with van der Waals surface area (Å²) in [6.07, 6.45) is 7.31. The quantitative estimate of drug-likeness (QED) is 0.474. The van der Waals surface area contributed by atoms with Crippen LogP contribution in [0.5, 0.6) is 0 Å². The highest BCUT2D eigenvalue weighted by atomic mass is 16.5. The van der Waals surface area contributed by atoms with Gasteiger partial charge >= 0.3 is 11.9 Å². The lowest BCUT2D eigenvalue weighted by atomic mass is 9.79. The Balaban J connectivity index is 2.33. The van der Waals surface area contributed by atoms with Crippen molar-refractivity contribution in [1.29, 1.82) is 0 Å². The van der Waals surface area contributed by atoms with Gasteiger partial charge in [-0.3, -0.25) is 9.59 Å². The third-order valence-corrected chi connectivity index (χ3v) is 4.76. The van der Waals surface area contributed by atoms with Gasteiger partial charge in [-0.25, -0.2) is 0 Å². The summed E-state index contributed by atoms with van der Waals surface area (Å²) >= 11 is 0. The molecule has 1 aliphatic carbocycles. The summed E-state index contributed by atoms with van der Waals surface area (Å²) in [5.41, 5.74) is 0. The molecule has 0 amide bonds. The van der Waals surface area contributed by atoms with Gasteiger partial charge in [0.1, 0.15) is 0 Å². The van der Waals surface area contributed by atoms with Gasteiger partial charge in [0, 0.05) is 0 Å². The maximum Gasteiger partial charge on any atom is 0.309 e. The number of carboxylic acid groups (broad SMARTS) is 1. The summed E-state index contributed by atoms with van der Waals surface area (Å²) in [6.45, 7) is 4.28. The van der Waals surface area contributed by atoms with Crippen LogP contribution in [0.25, 0.3) is 0 Å². The fraction of sp³-hybridized carbons (Fsp3) is 0.889. The Morgan fingerprint density at radius 1 is 1.17 bits per heavy atom. The Bertz CT molecular complexity index is 366. The van der Waals surface area contributed by atoms with E-state index >= 15 is 0 Å². The first-order valence-corrected chi connectivity index (χ1v) is 9.03. The van der Waals surface area contributed by atoms with Crippen molar-refractivity contribution in [2.24, 2.45) is 17.8 Å². The van der Waals surface area contributed by atoms with E-state index in [9.17, 15) is 19.8 Å². The highest BCUT2D eigenvalue weighted by molar-refractivity contribution is 5.81. The van der Waals surface area contributed by atoms with Gasteiger partial charge in [-0.15, -0.1) is 0 Å². The van der Waals surface area contributed by atoms with Gasteiger partial charge in [0.25, 0.3) is 0 Å². The molecule has 1 saturated carbocycles. The van der Waals surface area contributed by atoms with Crippen molar-refractivity contribution in [1.82, 2.24) is 0 Å². The first kappa shape index (κ1) is 19.9. The maximum absolute atomic E-state index is 12.1. The molecule has 0 aromatic carbocycles. The van der Waals surface area contributed by atoms with Crippen LogP contribution in [-0.4, -0.2) is 34.9 Å². The molecule has 1 rings (SSSR count). The fourth-order valence-electron chi connectivity index (χ4n) is 3.63. The van der Waals surface area contributed by atoms with Gasteiger partial charge in [0.2, 0.25) is 0 Å². The minimum absolute atomic E-state index is 0.298. The number of carbonyl (C=O) groups excluding carboxylic acids is 1. The number of carboxylic acids is 1. The molecular formula is C18H32O5. The van der Waals surface area contributed by atoms with Crippen LogP contribution >= 0.6 is 0 Å². The molecule has 2 N–H and O–H groups in total. The molecule has 5 heteroatoms. The van der Waals surface area contributed by atoms with E-state index in [4.69, 9.17) is 4.74 Å². The van der Waals surface area contributed by atoms with E-state index in [2.05, 4.69) is 6.92 Å². The van der Waals surface area contributed by atoms with Gasteiger partial charge in [-0.1, -0.05) is 32.6 Å². The summed E-state index contributed by atoms with van der Waals surface area (Å²) in [5, 5.41) is 18.7. The predicted molar refractivity (Wildman–Crippen MR) is 88.0 cm³/mol. The molecule has 0 bridgehead atoms. The van der Waals surface area contributed by atoms with Gasteiger partial charge in [0.15, 0.2) is 0 Å². The summed E-state index contributed by atoms with van der Waals surface area (Å²) in [4.78, 5) is 23.4. The normalized spacial score (nSPS) is 24.0. The number of aliphatic hydroxyl groups excluding tert-OH is 1. The van der Waals surface area contributed by atoms with E-state index in [1.807, 2.05) is 0 Å². The molecule has 0 aromatic rings. The first-order chi connectivity index (χ1) is 11.0. The SMILES string of the molecule is CCCC(CCCOC(=O)C1CCCCC1C(=O)O)CC(C)O. The van der Waals surface area contributed by atoms with E-state index < -0.39 is 17.8 Å². The molecule has 5 nitrogen and oxygen atoms in total. The molecule has 134 valence electrons. The summed E-state index contributed by atoms with van der Waals surface area (Å²) in [6, 6.07) is 0. The van der Waals surface area contributed by atoms with Crippen molar-refractivity contribution in [2.45, 2.75) is 77.7 Å². The zero-order chi connectivity index (χ0) is 17.2. The largest absolute Gasteiger partial charge is 0.481 e. The number of hydrogen-bond acceptors (Lipinski definition) is 4. The second-order valence-corrected chi connectivity index (χ2v) is 6.88. The fourth-order valence-corrected chi connectivity index (χ4v) is 3.63. The molecule has 23 heavy (non-hydrogen) atoms. The molecule has 0 aromatic heterocycles. The Morgan fingerprint density at radius 2 is 1.83 bits per heavy atom. The van der Waals surface area contributed by atoms with Crippen LogP contribution in [0.1, 0.15) is 71.6 Å². The summed E-state index contributed by atoms with van der Waals surface area (Å²) < 4.78 is 5.33. The lowest BCUT2D eigenvalue weighted by molar-refractivity contribution is -0.159. The molecule has 1 fully saturated rings. The topological polar surface area (TPSA) is 83.8 Å². The second-order valence-electron chi connectivity index (χ2n) is 6.88. The van der Waals surface area contributed by atoms with Crippen molar-refractivity contribution in [3.05, 3.63) is 0 Å². The highest BCUT2D eigenvalue weighted by Gasteiger charge is 2.36. The Hall–Kier alpha value is -1.10. The lowest BCUT2D eigenvalue weighted by Crippen LogP contribution is -2.34. The third-order valence-electron chi connectivity index (χ3n) is 4.76. The van der Waals surface area contributed by atoms with E-state index in [1.54, 1.807) is 6.92 Å². The summed E-state index contributed by atoms with van der Waals surface area (Å²) in [5.74, 6) is -1.84. The predicted octanol–water partition coefficient (Wildman–Crippen LogP) is 3.39. The van der Waals surface area contributed by atoms with Crippen molar-refractivity contribution < 1.29 is 24.5 Å². The Morgan fingerprint density at radius 3 is 2.39 bits per heavy atom. The molecule has 0 aliphatic heterocycles. The lowest BCUT2D eigenvalue weighted by Gasteiger charge is -2.26. The molecule has 0 spiro atoms. The first-order valence-electron chi connectivity index (χ1n) is 9.03. The van der Waals surface area contributed by atoms with Gasteiger partial charge in [0.05, 0.1) is 24.5 Å². The number of carbonyl (C=O) groups is 2. The van der Waals surface area contributed by atoms with Crippen molar-refractivity contribution in [2.75, 3.05) is 6.61 Å². The zero-order valence-corrected chi connectivity index (χ0v) is 14.5. The van der Waals surface area contributed by atoms with Crippen LogP contribution in [0.15, 0.2) is 0 Å². The van der Waals surface area contributed by atoms with Crippen molar-refractivity contribution >= 4 is 11.9 Å². The number of esters is 1. The minimum Gasteiger partial charge on any atom is -0.481 e. The van der Waals surface area contributed by atoms with Crippen molar-refractivity contribution in [3.63, 3.8) is 0 Å². The number of hydrogen-bond donors (Lipinski definition) is 2. The van der Waals surface area contributed by atoms with Crippen LogP contribution in [0.3, 0.4) is 0 Å².